The number of nitrogens with zero attached hydrogens (tertiary/aromatic N) is 3. The number of methoxy groups -OCH3 is 2. The lowest BCUT2D eigenvalue weighted by molar-refractivity contribution is 0.355. The van der Waals surface area contributed by atoms with Crippen molar-refractivity contribution in [1.82, 2.24) is 14.6 Å². The van der Waals surface area contributed by atoms with Crippen molar-refractivity contribution in [2.24, 2.45) is 0 Å². The fourth-order valence-corrected chi connectivity index (χ4v) is 2.98. The first-order valence-corrected chi connectivity index (χ1v) is 7.04. The second-order valence-electron chi connectivity index (χ2n) is 4.38. The van der Waals surface area contributed by atoms with Crippen molar-refractivity contribution < 1.29 is 9.47 Å². The van der Waals surface area contributed by atoms with Crippen molar-refractivity contribution in [2.45, 2.75) is 6.92 Å². The number of aromatic nitrogens is 3. The minimum absolute atomic E-state index is 0.162. The van der Waals surface area contributed by atoms with Crippen molar-refractivity contribution in [3.8, 4) is 11.5 Å². The molecule has 0 radical (unpaired) electrons. The van der Waals surface area contributed by atoms with E-state index in [9.17, 15) is 4.79 Å². The predicted octanol–water partition coefficient (Wildman–Crippen LogP) is 1.02. The number of benzene rings is 1. The summed E-state index contributed by atoms with van der Waals surface area (Å²) in [5, 5.41) is 4.07. The van der Waals surface area contributed by atoms with E-state index in [0.29, 0.717) is 26.8 Å². The van der Waals surface area contributed by atoms with Crippen LogP contribution in [0.1, 0.15) is 11.4 Å². The maximum absolute atomic E-state index is 12.2. The van der Waals surface area contributed by atoms with Crippen LogP contribution in [0.3, 0.4) is 0 Å². The normalized spacial score (nSPS) is 12.0. The van der Waals surface area contributed by atoms with Gasteiger partial charge in [0.2, 0.25) is 4.96 Å². The van der Waals surface area contributed by atoms with Crippen LogP contribution in [0.15, 0.2) is 23.0 Å². The Morgan fingerprint density at radius 1 is 1.24 bits per heavy atom. The van der Waals surface area contributed by atoms with Crippen LogP contribution in [0.4, 0.5) is 0 Å². The molecule has 3 aromatic rings. The predicted molar refractivity (Wildman–Crippen MR) is 80.2 cm³/mol. The Kier molecular flexibility index (Phi) is 3.34. The van der Waals surface area contributed by atoms with E-state index >= 15 is 0 Å². The zero-order chi connectivity index (χ0) is 15.0. The molecular weight excluding hydrogens is 290 g/mol. The lowest BCUT2D eigenvalue weighted by atomic mass is 10.2. The molecule has 0 aliphatic heterocycles. The van der Waals surface area contributed by atoms with Crippen molar-refractivity contribution in [1.29, 1.82) is 0 Å². The number of hydrogen-bond donors (Lipinski definition) is 0. The van der Waals surface area contributed by atoms with Gasteiger partial charge in [-0.1, -0.05) is 17.4 Å². The number of ether oxygens (including phenoxy) is 2. The quantitative estimate of drug-likeness (QED) is 0.723. The molecule has 0 fully saturated rings. The maximum atomic E-state index is 12.2. The van der Waals surface area contributed by atoms with E-state index in [1.807, 2.05) is 12.1 Å². The van der Waals surface area contributed by atoms with E-state index in [0.717, 1.165) is 5.56 Å². The van der Waals surface area contributed by atoms with Crippen LogP contribution in [0.25, 0.3) is 11.0 Å². The summed E-state index contributed by atoms with van der Waals surface area (Å²) < 4.78 is 12.4. The Labute approximate surface area is 124 Å². The number of fused-ring (bicyclic) bond motifs is 1. The molecule has 108 valence electrons. The molecule has 3 rings (SSSR count). The Morgan fingerprint density at radius 3 is 2.67 bits per heavy atom. The highest BCUT2D eigenvalue weighted by Crippen LogP contribution is 2.27. The topological polar surface area (TPSA) is 65.7 Å². The highest BCUT2D eigenvalue weighted by Gasteiger charge is 2.08. The van der Waals surface area contributed by atoms with E-state index in [-0.39, 0.29) is 5.56 Å². The number of aryl methyl sites for hydroxylation is 1. The van der Waals surface area contributed by atoms with Crippen LogP contribution in [-0.2, 0) is 0 Å². The Bertz CT molecular complexity index is 914. The SMILES string of the molecule is COc1ccc(/C=c2\sc3nc(C)nn3c2=O)cc1OC. The molecule has 0 aliphatic rings. The summed E-state index contributed by atoms with van der Waals surface area (Å²) in [6, 6.07) is 5.48. The summed E-state index contributed by atoms with van der Waals surface area (Å²) in [5.74, 6) is 1.86. The monoisotopic (exact) mass is 303 g/mol. The molecule has 0 saturated carbocycles. The second-order valence-corrected chi connectivity index (χ2v) is 5.39. The fraction of sp³-hybridized carbons (Fsp3) is 0.214. The first-order chi connectivity index (χ1) is 10.1. The highest BCUT2D eigenvalue weighted by molar-refractivity contribution is 7.15. The van der Waals surface area contributed by atoms with Crippen LogP contribution < -0.4 is 19.6 Å². The standard InChI is InChI=1S/C14H13N3O3S/c1-8-15-14-17(16-8)13(18)12(21-14)7-9-4-5-10(19-2)11(6-9)20-3/h4-7H,1-3H3/b12-7-. The van der Waals surface area contributed by atoms with Crippen molar-refractivity contribution in [3.63, 3.8) is 0 Å². The van der Waals surface area contributed by atoms with E-state index in [1.54, 1.807) is 33.3 Å². The zero-order valence-corrected chi connectivity index (χ0v) is 12.6. The maximum Gasteiger partial charge on any atom is 0.291 e. The summed E-state index contributed by atoms with van der Waals surface area (Å²) in [5.41, 5.74) is 0.691. The van der Waals surface area contributed by atoms with Crippen molar-refractivity contribution in [3.05, 3.63) is 44.5 Å². The van der Waals surface area contributed by atoms with Gasteiger partial charge in [0.05, 0.1) is 18.8 Å². The van der Waals surface area contributed by atoms with Gasteiger partial charge in [0.1, 0.15) is 5.82 Å². The second kappa shape index (κ2) is 5.17. The molecule has 0 unspecified atom stereocenters. The van der Waals surface area contributed by atoms with Gasteiger partial charge >= 0.3 is 0 Å². The summed E-state index contributed by atoms with van der Waals surface area (Å²) in [7, 11) is 3.16. The van der Waals surface area contributed by atoms with Crippen LogP contribution in [0.2, 0.25) is 0 Å². The third kappa shape index (κ3) is 2.36. The van der Waals surface area contributed by atoms with Gasteiger partial charge in [-0.05, 0) is 30.7 Å². The number of thiazole rings is 1. The molecule has 0 amide bonds. The van der Waals surface area contributed by atoms with Crippen LogP contribution in [-0.4, -0.2) is 28.8 Å². The highest BCUT2D eigenvalue weighted by atomic mass is 32.1. The van der Waals surface area contributed by atoms with Gasteiger partial charge in [-0.25, -0.2) is 4.98 Å². The molecule has 0 saturated heterocycles. The molecule has 21 heavy (non-hydrogen) atoms. The first kappa shape index (κ1) is 13.6. The van der Waals surface area contributed by atoms with Crippen molar-refractivity contribution in [2.75, 3.05) is 14.2 Å². The summed E-state index contributed by atoms with van der Waals surface area (Å²) in [4.78, 5) is 17.0. The molecular formula is C14H13N3O3S. The molecule has 0 aliphatic carbocycles. The number of hydrogen-bond acceptors (Lipinski definition) is 6. The van der Waals surface area contributed by atoms with Crippen LogP contribution in [0, 0.1) is 6.92 Å². The average molecular weight is 303 g/mol. The van der Waals surface area contributed by atoms with Crippen LogP contribution in [0.5, 0.6) is 11.5 Å². The van der Waals surface area contributed by atoms with E-state index < -0.39 is 0 Å². The Morgan fingerprint density at radius 2 is 2.00 bits per heavy atom. The zero-order valence-electron chi connectivity index (χ0n) is 11.8. The van der Waals surface area contributed by atoms with Crippen LogP contribution >= 0.6 is 11.3 Å². The lowest BCUT2D eigenvalue weighted by Crippen LogP contribution is -2.23. The van der Waals surface area contributed by atoms with Gasteiger partial charge in [0, 0.05) is 0 Å². The molecule has 6 nitrogen and oxygen atoms in total. The minimum atomic E-state index is -0.162. The molecule has 2 aromatic heterocycles. The summed E-state index contributed by atoms with van der Waals surface area (Å²) in [6.07, 6.45) is 1.79. The van der Waals surface area contributed by atoms with Gasteiger partial charge in [-0.2, -0.15) is 4.52 Å². The molecule has 0 bridgehead atoms. The Hall–Kier alpha value is -2.41. The average Bonchev–Trinajstić information content (AvgIpc) is 2.97. The van der Waals surface area contributed by atoms with Gasteiger partial charge in [-0.15, -0.1) is 5.10 Å². The minimum Gasteiger partial charge on any atom is -0.493 e. The Balaban J connectivity index is 2.13. The first-order valence-electron chi connectivity index (χ1n) is 6.22. The van der Waals surface area contributed by atoms with E-state index in [2.05, 4.69) is 10.1 Å². The third-order valence-electron chi connectivity index (χ3n) is 2.99. The summed E-state index contributed by atoms with van der Waals surface area (Å²) >= 11 is 1.31. The molecule has 1 aromatic carbocycles. The van der Waals surface area contributed by atoms with Gasteiger partial charge < -0.3 is 9.47 Å². The van der Waals surface area contributed by atoms with E-state index in [4.69, 9.17) is 9.47 Å². The summed E-state index contributed by atoms with van der Waals surface area (Å²) in [6.45, 7) is 1.76. The van der Waals surface area contributed by atoms with Gasteiger partial charge in [0.25, 0.3) is 5.56 Å². The molecule has 7 heteroatoms. The fourth-order valence-electron chi connectivity index (χ4n) is 2.03. The smallest absolute Gasteiger partial charge is 0.291 e. The number of rotatable bonds is 3. The van der Waals surface area contributed by atoms with Crippen molar-refractivity contribution >= 4 is 22.4 Å². The van der Waals surface area contributed by atoms with Gasteiger partial charge in [0.15, 0.2) is 11.5 Å². The molecule has 0 spiro atoms. The molecule has 0 atom stereocenters. The lowest BCUT2D eigenvalue weighted by Gasteiger charge is -2.07. The van der Waals surface area contributed by atoms with E-state index in [1.165, 1.54) is 15.9 Å². The molecule has 2 heterocycles. The largest absolute Gasteiger partial charge is 0.493 e. The van der Waals surface area contributed by atoms with Gasteiger partial charge in [-0.3, -0.25) is 4.79 Å². The molecule has 0 N–H and O–H groups in total. The third-order valence-corrected chi connectivity index (χ3v) is 3.95.